The molecule has 3 rings (SSSR count). The van der Waals surface area contributed by atoms with Crippen molar-refractivity contribution in [1.82, 2.24) is 0 Å². The van der Waals surface area contributed by atoms with E-state index in [1.54, 1.807) is 6.92 Å². The maximum atomic E-state index is 13.0. The van der Waals surface area contributed by atoms with E-state index >= 15 is 0 Å². The second-order valence-corrected chi connectivity index (χ2v) is 6.78. The summed E-state index contributed by atoms with van der Waals surface area (Å²) in [6, 6.07) is 6.72. The van der Waals surface area contributed by atoms with Crippen LogP contribution in [0.15, 0.2) is 30.3 Å². The van der Waals surface area contributed by atoms with Crippen LogP contribution in [0.4, 0.5) is 20.2 Å². The number of hydrogen-bond donors (Lipinski definition) is 4. The van der Waals surface area contributed by atoms with Gasteiger partial charge in [0, 0.05) is 30.5 Å². The van der Waals surface area contributed by atoms with Crippen LogP contribution in [0.25, 0.3) is 0 Å². The lowest BCUT2D eigenvalue weighted by molar-refractivity contribution is -0.158. The van der Waals surface area contributed by atoms with Gasteiger partial charge in [-0.25, -0.2) is 4.79 Å². The molecule has 8 nitrogen and oxygen atoms in total. The van der Waals surface area contributed by atoms with Crippen LogP contribution in [-0.2, 0) is 9.59 Å². The van der Waals surface area contributed by atoms with Crippen molar-refractivity contribution >= 4 is 23.3 Å². The van der Waals surface area contributed by atoms with E-state index in [2.05, 4.69) is 21.3 Å². The van der Waals surface area contributed by atoms with Gasteiger partial charge >= 0.3 is 12.1 Å². The van der Waals surface area contributed by atoms with Gasteiger partial charge in [0.15, 0.2) is 6.10 Å². The number of ether oxygens (including phenoxy) is 2. The van der Waals surface area contributed by atoms with Crippen molar-refractivity contribution in [3.63, 3.8) is 0 Å². The van der Waals surface area contributed by atoms with Gasteiger partial charge in [0.05, 0.1) is 17.9 Å². The van der Waals surface area contributed by atoms with Crippen LogP contribution in [0.1, 0.15) is 18.1 Å². The Morgan fingerprint density at radius 3 is 2.74 bits per heavy atom. The molecule has 1 heterocycles. The molecular weight excluding hydrogens is 414 g/mol. The first-order valence-corrected chi connectivity index (χ1v) is 9.02. The van der Waals surface area contributed by atoms with Crippen LogP contribution in [0.2, 0.25) is 0 Å². The number of carboxylic acid groups (broad SMARTS) is 1. The number of amides is 1. The van der Waals surface area contributed by atoms with E-state index < -0.39 is 24.1 Å². The molecule has 0 saturated carbocycles. The number of phenols is 1. The van der Waals surface area contributed by atoms with Crippen molar-refractivity contribution in [2.45, 2.75) is 26.1 Å². The first kappa shape index (κ1) is 21.7. The molecule has 4 N–H and O–H groups in total. The Hall–Kier alpha value is -4.00. The maximum Gasteiger partial charge on any atom is 0.394 e. The predicted octanol–water partition coefficient (Wildman–Crippen LogP) is 2.94. The summed E-state index contributed by atoms with van der Waals surface area (Å²) in [5.74, 6) is 2.54. The van der Waals surface area contributed by atoms with E-state index in [0.29, 0.717) is 18.2 Å². The average Bonchev–Trinajstić information content (AvgIpc) is 2.67. The molecule has 0 saturated heterocycles. The molecule has 0 fully saturated rings. The Labute approximate surface area is 175 Å². The number of alkyl halides is 2. The van der Waals surface area contributed by atoms with Gasteiger partial charge in [-0.05, 0) is 30.7 Å². The number of nitrogens with one attached hydrogen (secondary N) is 2. The molecule has 10 heteroatoms. The number of benzene rings is 2. The summed E-state index contributed by atoms with van der Waals surface area (Å²) in [6.45, 7) is 2.25. The van der Waals surface area contributed by atoms with E-state index in [1.165, 1.54) is 30.3 Å². The van der Waals surface area contributed by atoms with Gasteiger partial charge in [0.2, 0.25) is 0 Å². The third kappa shape index (κ3) is 5.54. The van der Waals surface area contributed by atoms with Gasteiger partial charge in [-0.1, -0.05) is 5.92 Å². The third-order valence-corrected chi connectivity index (χ3v) is 4.19. The highest BCUT2D eigenvalue weighted by Crippen LogP contribution is 2.35. The number of carbonyl (C=O) groups excluding carboxylic acids is 1. The summed E-state index contributed by atoms with van der Waals surface area (Å²) >= 11 is 0. The second kappa shape index (κ2) is 8.39. The lowest BCUT2D eigenvalue weighted by atomic mass is 10.1. The molecule has 1 unspecified atom stereocenters. The monoisotopic (exact) mass is 432 g/mol. The van der Waals surface area contributed by atoms with E-state index in [0.717, 1.165) is 0 Å². The van der Waals surface area contributed by atoms with Crippen LogP contribution in [0, 0.1) is 18.8 Å². The van der Waals surface area contributed by atoms with E-state index in [9.17, 15) is 23.5 Å². The number of aryl methyl sites for hydroxylation is 1. The molecular formula is C21H18F2N2O6. The fourth-order valence-electron chi connectivity index (χ4n) is 2.80. The molecule has 2 aromatic rings. The standard InChI is InChI=1S/C21H18F2N2O6/c1-11-7-12(3-6-19(27)28)14(9-16(11)26)25-20(29)18-10-24-15-8-13(31-21(2,22)23)4-5-17(15)30-18/h4-5,7-9,18,24,26H,10H2,1-2H3,(H,25,29)(H,27,28). The largest absolute Gasteiger partial charge is 0.508 e. The highest BCUT2D eigenvalue weighted by atomic mass is 19.3. The summed E-state index contributed by atoms with van der Waals surface area (Å²) in [4.78, 5) is 23.4. The fraction of sp³-hybridized carbons (Fsp3) is 0.238. The van der Waals surface area contributed by atoms with Crippen molar-refractivity contribution in [2.75, 3.05) is 17.2 Å². The molecule has 162 valence electrons. The predicted molar refractivity (Wildman–Crippen MR) is 107 cm³/mol. The van der Waals surface area contributed by atoms with Crippen LogP contribution >= 0.6 is 0 Å². The van der Waals surface area contributed by atoms with Crippen LogP contribution < -0.4 is 20.1 Å². The Morgan fingerprint density at radius 2 is 2.06 bits per heavy atom. The molecule has 0 aliphatic carbocycles. The zero-order valence-electron chi connectivity index (χ0n) is 16.5. The lowest BCUT2D eigenvalue weighted by Gasteiger charge is -2.27. The number of aromatic hydroxyl groups is 1. The molecule has 0 aromatic heterocycles. The number of fused-ring (bicyclic) bond motifs is 1. The summed E-state index contributed by atoms with van der Waals surface area (Å²) < 4.78 is 36.2. The zero-order chi connectivity index (χ0) is 22.8. The third-order valence-electron chi connectivity index (χ3n) is 4.19. The number of aliphatic carboxylic acids is 1. The first-order chi connectivity index (χ1) is 14.5. The van der Waals surface area contributed by atoms with Gasteiger partial charge in [-0.2, -0.15) is 8.78 Å². The Morgan fingerprint density at radius 1 is 1.32 bits per heavy atom. The first-order valence-electron chi connectivity index (χ1n) is 9.02. The van der Waals surface area contributed by atoms with Crippen LogP contribution in [-0.4, -0.2) is 40.8 Å². The van der Waals surface area contributed by atoms with E-state index in [-0.39, 0.29) is 35.0 Å². The number of anilines is 2. The number of carbonyl (C=O) groups is 2. The molecule has 0 radical (unpaired) electrons. The normalized spacial score (nSPS) is 14.8. The molecule has 1 atom stereocenters. The quantitative estimate of drug-likeness (QED) is 0.549. The van der Waals surface area contributed by atoms with Gasteiger partial charge in [-0.15, -0.1) is 0 Å². The minimum Gasteiger partial charge on any atom is -0.508 e. The van der Waals surface area contributed by atoms with Crippen molar-refractivity contribution in [3.8, 4) is 29.1 Å². The fourth-order valence-corrected chi connectivity index (χ4v) is 2.80. The number of halogens is 2. The molecule has 1 aliphatic heterocycles. The van der Waals surface area contributed by atoms with Gasteiger partial charge < -0.3 is 30.3 Å². The van der Waals surface area contributed by atoms with Crippen molar-refractivity contribution in [2.24, 2.45) is 0 Å². The zero-order valence-corrected chi connectivity index (χ0v) is 16.5. The molecule has 1 aliphatic rings. The van der Waals surface area contributed by atoms with E-state index in [1.807, 2.05) is 5.92 Å². The lowest BCUT2D eigenvalue weighted by Crippen LogP contribution is -2.41. The van der Waals surface area contributed by atoms with Crippen molar-refractivity contribution in [3.05, 3.63) is 41.5 Å². The Balaban J connectivity index is 1.77. The molecule has 0 bridgehead atoms. The van der Waals surface area contributed by atoms with Crippen molar-refractivity contribution < 1.29 is 38.1 Å². The summed E-state index contributed by atoms with van der Waals surface area (Å²) in [5, 5.41) is 24.2. The van der Waals surface area contributed by atoms with Crippen LogP contribution in [0.3, 0.4) is 0 Å². The Bertz CT molecular complexity index is 1100. The highest BCUT2D eigenvalue weighted by Gasteiger charge is 2.28. The van der Waals surface area contributed by atoms with Gasteiger partial charge in [-0.3, -0.25) is 4.79 Å². The maximum absolute atomic E-state index is 13.0. The molecule has 1 amide bonds. The molecule has 2 aromatic carbocycles. The number of phenolic OH excluding ortho intramolecular Hbond substituents is 1. The highest BCUT2D eigenvalue weighted by molar-refractivity contribution is 5.97. The van der Waals surface area contributed by atoms with E-state index in [4.69, 9.17) is 9.84 Å². The number of rotatable bonds is 4. The van der Waals surface area contributed by atoms with Gasteiger partial charge in [0.25, 0.3) is 5.91 Å². The topological polar surface area (TPSA) is 117 Å². The molecule has 31 heavy (non-hydrogen) atoms. The number of hydrogen-bond acceptors (Lipinski definition) is 6. The summed E-state index contributed by atoms with van der Waals surface area (Å²) in [7, 11) is 0. The Kier molecular flexibility index (Phi) is 5.88. The summed E-state index contributed by atoms with van der Waals surface area (Å²) in [5.41, 5.74) is 1.15. The van der Waals surface area contributed by atoms with Crippen molar-refractivity contribution in [1.29, 1.82) is 0 Å². The van der Waals surface area contributed by atoms with Crippen LogP contribution in [0.5, 0.6) is 17.2 Å². The SMILES string of the molecule is Cc1cc(C#CC(=O)O)c(NC(=O)C2CNc3cc(OC(C)(F)F)ccc3O2)cc1O. The minimum absolute atomic E-state index is 0.0266. The van der Waals surface area contributed by atoms with Gasteiger partial charge in [0.1, 0.15) is 17.2 Å². The molecule has 0 spiro atoms. The minimum atomic E-state index is -3.34. The average molecular weight is 432 g/mol. The second-order valence-electron chi connectivity index (χ2n) is 6.78. The number of carboxylic acids is 1. The summed E-state index contributed by atoms with van der Waals surface area (Å²) in [6.07, 6.45) is -4.33. The smallest absolute Gasteiger partial charge is 0.394 e.